The highest BCUT2D eigenvalue weighted by atomic mass is 16.2. The van der Waals surface area contributed by atoms with Gasteiger partial charge in [0.2, 0.25) is 11.8 Å². The molecule has 0 fully saturated rings. The topological polar surface area (TPSA) is 58.2 Å². The smallest absolute Gasteiger partial charge is 0.224 e. The van der Waals surface area contributed by atoms with Crippen LogP contribution in [0.3, 0.4) is 0 Å². The lowest BCUT2D eigenvalue weighted by Crippen LogP contribution is -2.19. The Bertz CT molecular complexity index is 515. The van der Waals surface area contributed by atoms with Crippen LogP contribution in [0.1, 0.15) is 11.1 Å². The maximum Gasteiger partial charge on any atom is 0.224 e. The molecule has 2 amide bonds. The fourth-order valence-electron chi connectivity index (χ4n) is 1.74. The minimum absolute atomic E-state index is 0.0520. The molecule has 0 radical (unpaired) electrons. The van der Waals surface area contributed by atoms with Gasteiger partial charge < -0.3 is 10.6 Å². The van der Waals surface area contributed by atoms with Crippen molar-refractivity contribution < 1.29 is 9.59 Å². The Hall–Kier alpha value is -2.62. The third-order valence-electron chi connectivity index (χ3n) is 2.97. The van der Waals surface area contributed by atoms with Gasteiger partial charge in [-0.2, -0.15) is 0 Å². The molecule has 0 unspecified atom stereocenters. The first-order valence-electron chi connectivity index (χ1n) is 7.14. The molecule has 4 nitrogen and oxygen atoms in total. The first kappa shape index (κ1) is 17.4. The molecule has 0 saturated carbocycles. The van der Waals surface area contributed by atoms with Gasteiger partial charge in [-0.15, -0.1) is 0 Å². The van der Waals surface area contributed by atoms with Crippen molar-refractivity contribution in [1.82, 2.24) is 10.6 Å². The van der Waals surface area contributed by atoms with Crippen LogP contribution < -0.4 is 10.6 Å². The number of hydrogen-bond donors (Lipinski definition) is 2. The third kappa shape index (κ3) is 7.24. The van der Waals surface area contributed by atoms with Gasteiger partial charge in [0.05, 0.1) is 12.8 Å². The van der Waals surface area contributed by atoms with E-state index in [0.29, 0.717) is 12.8 Å². The van der Waals surface area contributed by atoms with Gasteiger partial charge in [0.15, 0.2) is 0 Å². The van der Waals surface area contributed by atoms with Gasteiger partial charge >= 0.3 is 0 Å². The Morgan fingerprint density at radius 3 is 1.27 bits per heavy atom. The molecule has 0 spiro atoms. The molecule has 2 N–H and O–H groups in total. The van der Waals surface area contributed by atoms with E-state index in [-0.39, 0.29) is 11.8 Å². The minimum atomic E-state index is 0.0520. The Kier molecular flexibility index (Phi) is 8.05. The predicted molar refractivity (Wildman–Crippen MR) is 88.4 cm³/mol. The zero-order valence-electron chi connectivity index (χ0n) is 13.0. The zero-order chi connectivity index (χ0) is 16.2. The van der Waals surface area contributed by atoms with E-state index in [0.717, 1.165) is 11.1 Å². The van der Waals surface area contributed by atoms with Gasteiger partial charge in [-0.1, -0.05) is 60.7 Å². The summed E-state index contributed by atoms with van der Waals surface area (Å²) in [7, 11) is 3.29. The predicted octanol–water partition coefficient (Wildman–Crippen LogP) is 1.95. The molecule has 116 valence electrons. The van der Waals surface area contributed by atoms with Crippen molar-refractivity contribution in [3.05, 3.63) is 71.8 Å². The molecular weight excluding hydrogens is 276 g/mol. The Morgan fingerprint density at radius 1 is 0.682 bits per heavy atom. The third-order valence-corrected chi connectivity index (χ3v) is 2.97. The quantitative estimate of drug-likeness (QED) is 0.906. The molecule has 0 aliphatic rings. The van der Waals surface area contributed by atoms with E-state index in [1.165, 1.54) is 0 Å². The van der Waals surface area contributed by atoms with Crippen molar-refractivity contribution >= 4 is 11.8 Å². The maximum absolute atomic E-state index is 10.9. The minimum Gasteiger partial charge on any atom is -0.359 e. The van der Waals surface area contributed by atoms with Crippen LogP contribution in [0.4, 0.5) is 0 Å². The van der Waals surface area contributed by atoms with E-state index >= 15 is 0 Å². The molecule has 22 heavy (non-hydrogen) atoms. The lowest BCUT2D eigenvalue weighted by Gasteiger charge is -1.98. The summed E-state index contributed by atoms with van der Waals surface area (Å²) in [4.78, 5) is 21.7. The van der Waals surface area contributed by atoms with Gasteiger partial charge in [0.1, 0.15) is 0 Å². The van der Waals surface area contributed by atoms with Crippen molar-refractivity contribution in [2.24, 2.45) is 0 Å². The molecule has 2 rings (SSSR count). The molecule has 0 heterocycles. The summed E-state index contributed by atoms with van der Waals surface area (Å²) in [5, 5.41) is 5.15. The average molecular weight is 298 g/mol. The number of nitrogens with one attached hydrogen (secondary N) is 2. The molecule has 0 aliphatic carbocycles. The molecular formula is C18H22N2O2. The van der Waals surface area contributed by atoms with E-state index in [4.69, 9.17) is 0 Å². The largest absolute Gasteiger partial charge is 0.359 e. The van der Waals surface area contributed by atoms with E-state index in [1.807, 2.05) is 60.7 Å². The average Bonchev–Trinajstić information content (AvgIpc) is 2.57. The van der Waals surface area contributed by atoms with Crippen LogP contribution in [0.5, 0.6) is 0 Å². The lowest BCUT2D eigenvalue weighted by molar-refractivity contribution is -0.120. The number of hydrogen-bond acceptors (Lipinski definition) is 2. The monoisotopic (exact) mass is 298 g/mol. The molecule has 2 aromatic carbocycles. The van der Waals surface area contributed by atoms with Gasteiger partial charge in [0.25, 0.3) is 0 Å². The second-order valence-corrected chi connectivity index (χ2v) is 4.67. The van der Waals surface area contributed by atoms with Crippen LogP contribution >= 0.6 is 0 Å². The fraction of sp³-hybridized carbons (Fsp3) is 0.222. The Balaban J connectivity index is 0.000000220. The number of likely N-dealkylation sites (N-methyl/N-ethyl adjacent to an activating group) is 2. The highest BCUT2D eigenvalue weighted by Crippen LogP contribution is 1.99. The molecule has 2 aromatic rings. The molecule has 4 heteroatoms. The zero-order valence-corrected chi connectivity index (χ0v) is 13.0. The second kappa shape index (κ2) is 10.2. The summed E-state index contributed by atoms with van der Waals surface area (Å²) in [5.41, 5.74) is 2.10. The number of carbonyl (C=O) groups excluding carboxylic acids is 2. The van der Waals surface area contributed by atoms with Crippen LogP contribution in [0.2, 0.25) is 0 Å². The number of rotatable bonds is 4. The van der Waals surface area contributed by atoms with Gasteiger partial charge in [-0.25, -0.2) is 0 Å². The highest BCUT2D eigenvalue weighted by Gasteiger charge is 1.98. The van der Waals surface area contributed by atoms with Crippen molar-refractivity contribution in [2.45, 2.75) is 12.8 Å². The molecule has 0 atom stereocenters. The van der Waals surface area contributed by atoms with Crippen LogP contribution in [0, 0.1) is 0 Å². The molecule has 0 aliphatic heterocycles. The molecule has 0 bridgehead atoms. The fourth-order valence-corrected chi connectivity index (χ4v) is 1.74. The van der Waals surface area contributed by atoms with Crippen molar-refractivity contribution in [2.75, 3.05) is 14.1 Å². The number of carbonyl (C=O) groups is 2. The first-order valence-corrected chi connectivity index (χ1v) is 7.14. The summed E-state index contributed by atoms with van der Waals surface area (Å²) >= 11 is 0. The van der Waals surface area contributed by atoms with Gasteiger partial charge in [-0.3, -0.25) is 9.59 Å². The summed E-state index contributed by atoms with van der Waals surface area (Å²) in [6.07, 6.45) is 0.939. The van der Waals surface area contributed by atoms with Crippen LogP contribution in [0.15, 0.2) is 60.7 Å². The lowest BCUT2D eigenvalue weighted by atomic mass is 10.1. The van der Waals surface area contributed by atoms with Crippen LogP contribution in [-0.2, 0) is 22.4 Å². The van der Waals surface area contributed by atoms with Crippen molar-refractivity contribution in [3.8, 4) is 0 Å². The Labute approximate surface area is 131 Å². The highest BCUT2D eigenvalue weighted by molar-refractivity contribution is 5.78. The van der Waals surface area contributed by atoms with Crippen molar-refractivity contribution in [3.63, 3.8) is 0 Å². The summed E-state index contributed by atoms with van der Waals surface area (Å²) in [5.74, 6) is 0.104. The number of amides is 2. The van der Waals surface area contributed by atoms with E-state index in [2.05, 4.69) is 10.6 Å². The van der Waals surface area contributed by atoms with E-state index < -0.39 is 0 Å². The van der Waals surface area contributed by atoms with E-state index in [1.54, 1.807) is 14.1 Å². The van der Waals surface area contributed by atoms with Crippen LogP contribution in [-0.4, -0.2) is 25.9 Å². The van der Waals surface area contributed by atoms with Crippen molar-refractivity contribution in [1.29, 1.82) is 0 Å². The van der Waals surface area contributed by atoms with E-state index in [9.17, 15) is 9.59 Å². The van der Waals surface area contributed by atoms with Crippen LogP contribution in [0.25, 0.3) is 0 Å². The SMILES string of the molecule is CNC(=O)Cc1ccccc1.CNC(=O)Cc1ccccc1. The van der Waals surface area contributed by atoms with Gasteiger partial charge in [0, 0.05) is 14.1 Å². The first-order chi connectivity index (χ1) is 10.7. The summed E-state index contributed by atoms with van der Waals surface area (Å²) < 4.78 is 0. The summed E-state index contributed by atoms with van der Waals surface area (Å²) in [6, 6.07) is 19.3. The molecule has 0 aromatic heterocycles. The molecule has 0 saturated heterocycles. The Morgan fingerprint density at radius 2 is 1.00 bits per heavy atom. The maximum atomic E-state index is 10.9. The number of benzene rings is 2. The normalized spacial score (nSPS) is 9.18. The standard InChI is InChI=1S/2C9H11NO/c2*1-10-9(11)7-8-5-3-2-4-6-8/h2*2-6H,7H2,1H3,(H,10,11). The van der Waals surface area contributed by atoms with Gasteiger partial charge in [-0.05, 0) is 11.1 Å². The summed E-state index contributed by atoms with van der Waals surface area (Å²) in [6.45, 7) is 0. The second-order valence-electron chi connectivity index (χ2n) is 4.67.